The minimum Gasteiger partial charge on any atom is -0.344 e. The van der Waals surface area contributed by atoms with Crippen LogP contribution in [0.3, 0.4) is 0 Å². The van der Waals surface area contributed by atoms with E-state index in [4.69, 9.17) is 0 Å². The van der Waals surface area contributed by atoms with Crippen molar-refractivity contribution in [3.63, 3.8) is 0 Å². The van der Waals surface area contributed by atoms with E-state index < -0.39 is 41.6 Å². The Morgan fingerprint density at radius 3 is 2.00 bits per heavy atom. The first kappa shape index (κ1) is 13.3. The van der Waals surface area contributed by atoms with E-state index in [1.165, 1.54) is 5.32 Å². The van der Waals surface area contributed by atoms with E-state index in [0.717, 1.165) is 0 Å². The number of carbonyl (C=O) groups is 1. The minimum absolute atomic E-state index is 0.304. The lowest BCUT2D eigenvalue weighted by molar-refractivity contribution is -0.173. The molecule has 0 heterocycles. The highest BCUT2D eigenvalue weighted by atomic mass is 19.4. The number of halogens is 6. The highest BCUT2D eigenvalue weighted by Crippen LogP contribution is 2.17. The molecule has 0 saturated heterocycles. The first-order chi connectivity index (χ1) is 7.71. The van der Waals surface area contributed by atoms with Crippen molar-refractivity contribution in [1.82, 2.24) is 5.32 Å². The van der Waals surface area contributed by atoms with Crippen molar-refractivity contribution in [2.24, 2.45) is 0 Å². The molecule has 8 heteroatoms. The first-order valence-electron chi connectivity index (χ1n) is 4.20. The molecule has 1 aromatic rings. The smallest absolute Gasteiger partial charge is 0.344 e. The number of hydrogen-bond acceptors (Lipinski definition) is 1. The summed E-state index contributed by atoms with van der Waals surface area (Å²) in [4.78, 5) is 10.4. The lowest BCUT2D eigenvalue weighted by Gasteiger charge is -2.09. The Balaban J connectivity index is 2.80. The van der Waals surface area contributed by atoms with Crippen LogP contribution in [0.15, 0.2) is 12.1 Å². The summed E-state index contributed by atoms with van der Waals surface area (Å²) < 4.78 is 73.6. The molecular formula is C9H5F6NO. The summed E-state index contributed by atoms with van der Waals surface area (Å²) in [5.41, 5.74) is -0.844. The number of rotatable bonds is 2. The van der Waals surface area contributed by atoms with Crippen LogP contribution in [0.25, 0.3) is 0 Å². The van der Waals surface area contributed by atoms with E-state index in [1.807, 2.05) is 0 Å². The average molecular weight is 257 g/mol. The maximum atomic E-state index is 12.9. The molecule has 0 aromatic heterocycles. The standard InChI is InChI=1S/C9H5F6NO/c10-4-1-6(11)5(7(12)2-4)3-16-8(17)9(13,14)15/h1-2H,3H2,(H,16,17). The molecule has 0 fully saturated rings. The summed E-state index contributed by atoms with van der Waals surface area (Å²) in [5.74, 6) is -6.28. The molecule has 94 valence electrons. The lowest BCUT2D eigenvalue weighted by Crippen LogP contribution is -2.36. The lowest BCUT2D eigenvalue weighted by atomic mass is 10.2. The van der Waals surface area contributed by atoms with Crippen molar-refractivity contribution >= 4 is 5.91 Å². The van der Waals surface area contributed by atoms with Crippen LogP contribution >= 0.6 is 0 Å². The fourth-order valence-corrected chi connectivity index (χ4v) is 1.01. The predicted octanol–water partition coefficient (Wildman–Crippen LogP) is 2.28. The fourth-order valence-electron chi connectivity index (χ4n) is 1.01. The highest BCUT2D eigenvalue weighted by molar-refractivity contribution is 5.81. The molecule has 1 N–H and O–H groups in total. The molecule has 0 saturated carbocycles. The van der Waals surface area contributed by atoms with Gasteiger partial charge in [0.1, 0.15) is 17.5 Å². The zero-order valence-corrected chi connectivity index (χ0v) is 8.04. The zero-order valence-electron chi connectivity index (χ0n) is 8.04. The molecule has 1 aromatic carbocycles. The SMILES string of the molecule is O=C(NCc1c(F)cc(F)cc1F)C(F)(F)F. The molecular weight excluding hydrogens is 252 g/mol. The van der Waals surface area contributed by atoms with Gasteiger partial charge < -0.3 is 5.32 Å². The summed E-state index contributed by atoms with van der Waals surface area (Å²) in [6.45, 7) is -1.02. The number of alkyl halides is 3. The summed E-state index contributed by atoms with van der Waals surface area (Å²) in [5, 5.41) is 1.27. The van der Waals surface area contributed by atoms with E-state index in [0.29, 0.717) is 12.1 Å². The van der Waals surface area contributed by atoms with Crippen LogP contribution in [-0.4, -0.2) is 12.1 Å². The summed E-state index contributed by atoms with van der Waals surface area (Å²) in [6, 6.07) is 0.607. The van der Waals surface area contributed by atoms with Crippen LogP contribution < -0.4 is 5.32 Å². The predicted molar refractivity (Wildman–Crippen MR) is 44.2 cm³/mol. The first-order valence-corrected chi connectivity index (χ1v) is 4.20. The Labute approximate surface area is 91.2 Å². The van der Waals surface area contributed by atoms with Crippen LogP contribution in [0.1, 0.15) is 5.56 Å². The molecule has 0 atom stereocenters. The van der Waals surface area contributed by atoms with Crippen molar-refractivity contribution in [3.8, 4) is 0 Å². The number of benzene rings is 1. The molecule has 0 aliphatic heterocycles. The molecule has 0 unspecified atom stereocenters. The quantitative estimate of drug-likeness (QED) is 0.809. The van der Waals surface area contributed by atoms with E-state index in [2.05, 4.69) is 0 Å². The van der Waals surface area contributed by atoms with Crippen LogP contribution in [0.5, 0.6) is 0 Å². The van der Waals surface area contributed by atoms with Gasteiger partial charge in [0.15, 0.2) is 0 Å². The maximum Gasteiger partial charge on any atom is 0.471 e. The average Bonchev–Trinajstić information content (AvgIpc) is 2.13. The monoisotopic (exact) mass is 257 g/mol. The van der Waals surface area contributed by atoms with E-state index in [9.17, 15) is 31.1 Å². The molecule has 17 heavy (non-hydrogen) atoms. The molecule has 0 bridgehead atoms. The van der Waals surface area contributed by atoms with Gasteiger partial charge in [-0.05, 0) is 0 Å². The van der Waals surface area contributed by atoms with E-state index in [-0.39, 0.29) is 0 Å². The molecule has 1 amide bonds. The third-order valence-corrected chi connectivity index (χ3v) is 1.79. The number of nitrogens with one attached hydrogen (secondary N) is 1. The van der Waals surface area contributed by atoms with Crippen LogP contribution in [0, 0.1) is 17.5 Å². The molecule has 2 nitrogen and oxygen atoms in total. The third-order valence-electron chi connectivity index (χ3n) is 1.79. The van der Waals surface area contributed by atoms with E-state index >= 15 is 0 Å². The second kappa shape index (κ2) is 4.64. The van der Waals surface area contributed by atoms with Gasteiger partial charge in [0, 0.05) is 24.2 Å². The minimum atomic E-state index is -5.15. The summed E-state index contributed by atoms with van der Waals surface area (Å²) >= 11 is 0. The van der Waals surface area contributed by atoms with Gasteiger partial charge in [0.2, 0.25) is 0 Å². The topological polar surface area (TPSA) is 29.1 Å². The van der Waals surface area contributed by atoms with Crippen molar-refractivity contribution in [3.05, 3.63) is 35.1 Å². The van der Waals surface area contributed by atoms with Gasteiger partial charge in [0.25, 0.3) is 0 Å². The van der Waals surface area contributed by atoms with Crippen molar-refractivity contribution in [2.45, 2.75) is 12.7 Å². The van der Waals surface area contributed by atoms with Gasteiger partial charge in [0.05, 0.1) is 0 Å². The van der Waals surface area contributed by atoms with Crippen LogP contribution in [0.4, 0.5) is 26.3 Å². The van der Waals surface area contributed by atoms with Crippen LogP contribution in [0.2, 0.25) is 0 Å². The normalized spacial score (nSPS) is 11.4. The maximum absolute atomic E-state index is 12.9. The van der Waals surface area contributed by atoms with Gasteiger partial charge in [-0.1, -0.05) is 0 Å². The Bertz CT molecular complexity index is 419. The fraction of sp³-hybridized carbons (Fsp3) is 0.222. The second-order valence-electron chi connectivity index (χ2n) is 3.03. The number of hydrogen-bond donors (Lipinski definition) is 1. The second-order valence-corrected chi connectivity index (χ2v) is 3.03. The van der Waals surface area contributed by atoms with Gasteiger partial charge in [-0.15, -0.1) is 0 Å². The molecule has 0 spiro atoms. The molecule has 1 rings (SSSR count). The molecule has 0 aliphatic rings. The highest BCUT2D eigenvalue weighted by Gasteiger charge is 2.38. The van der Waals surface area contributed by atoms with Crippen molar-refractivity contribution in [1.29, 1.82) is 0 Å². The summed E-state index contributed by atoms with van der Waals surface area (Å²) in [6.07, 6.45) is -5.15. The Kier molecular flexibility index (Phi) is 3.64. The molecule has 0 radical (unpaired) electrons. The van der Waals surface area contributed by atoms with Gasteiger partial charge in [-0.2, -0.15) is 13.2 Å². The third kappa shape index (κ3) is 3.36. The van der Waals surface area contributed by atoms with E-state index in [1.54, 1.807) is 0 Å². The molecule has 0 aliphatic carbocycles. The number of carbonyl (C=O) groups excluding carboxylic acids is 1. The largest absolute Gasteiger partial charge is 0.471 e. The van der Waals surface area contributed by atoms with Gasteiger partial charge in [-0.3, -0.25) is 4.79 Å². The van der Waals surface area contributed by atoms with Crippen molar-refractivity contribution < 1.29 is 31.1 Å². The van der Waals surface area contributed by atoms with Crippen molar-refractivity contribution in [2.75, 3.05) is 0 Å². The number of amides is 1. The Hall–Kier alpha value is -1.73. The summed E-state index contributed by atoms with van der Waals surface area (Å²) in [7, 11) is 0. The zero-order chi connectivity index (χ0) is 13.2. The Morgan fingerprint density at radius 2 is 1.59 bits per heavy atom. The van der Waals surface area contributed by atoms with Crippen LogP contribution in [-0.2, 0) is 11.3 Å². The Morgan fingerprint density at radius 1 is 1.12 bits per heavy atom. The van der Waals surface area contributed by atoms with Gasteiger partial charge in [-0.25, -0.2) is 13.2 Å². The van der Waals surface area contributed by atoms with Gasteiger partial charge >= 0.3 is 12.1 Å².